The zero-order valence-electron chi connectivity index (χ0n) is 15.3. The van der Waals surface area contributed by atoms with Crippen LogP contribution >= 0.6 is 11.6 Å². The van der Waals surface area contributed by atoms with Crippen molar-refractivity contribution in [3.63, 3.8) is 0 Å². The Morgan fingerprint density at radius 2 is 1.89 bits per heavy atom. The van der Waals surface area contributed by atoms with Gasteiger partial charge in [-0.2, -0.15) is 0 Å². The van der Waals surface area contributed by atoms with E-state index in [-0.39, 0.29) is 5.56 Å². The number of aliphatic hydroxyl groups excluding tert-OH is 1. The third kappa shape index (κ3) is 3.54. The number of hydrogen-bond donors (Lipinski definition) is 3. The average molecular weight is 394 g/mol. The number of nitrogens with one attached hydrogen (secondary N) is 2. The molecule has 2 heterocycles. The summed E-state index contributed by atoms with van der Waals surface area (Å²) in [6.45, 7) is 2.09. The van der Waals surface area contributed by atoms with Crippen LogP contribution in [0, 0.1) is 0 Å². The van der Waals surface area contributed by atoms with Gasteiger partial charge in [0, 0.05) is 22.2 Å². The van der Waals surface area contributed by atoms with E-state index in [1.54, 1.807) is 28.8 Å². The summed E-state index contributed by atoms with van der Waals surface area (Å²) in [5, 5.41) is 15.0. The van der Waals surface area contributed by atoms with Crippen molar-refractivity contribution < 1.29 is 5.11 Å². The monoisotopic (exact) mass is 393 g/mol. The first-order chi connectivity index (χ1) is 13.5. The van der Waals surface area contributed by atoms with Gasteiger partial charge < -0.3 is 15.4 Å². The molecular weight excluding hydrogens is 374 g/mol. The van der Waals surface area contributed by atoms with Gasteiger partial charge in [-0.15, -0.1) is 0 Å². The first-order valence-electron chi connectivity index (χ1n) is 9.09. The van der Waals surface area contributed by atoms with Crippen LogP contribution in [0.15, 0.2) is 71.5 Å². The van der Waals surface area contributed by atoms with Gasteiger partial charge >= 0.3 is 0 Å². The van der Waals surface area contributed by atoms with Crippen molar-refractivity contribution in [2.75, 3.05) is 5.32 Å². The van der Waals surface area contributed by atoms with E-state index >= 15 is 0 Å². The first kappa shape index (κ1) is 18.3. The SMILES string of the molecule is CCc1ccc(-n2c(=O)ccc3cc(C(O)Nc4cccc(Cl)c4)[nH]c32)cc1. The number of fused-ring (bicyclic) bond motifs is 1. The molecule has 0 aliphatic rings. The number of rotatable bonds is 5. The van der Waals surface area contributed by atoms with Gasteiger partial charge in [0.05, 0.1) is 11.4 Å². The van der Waals surface area contributed by atoms with Crippen LogP contribution in [-0.2, 0) is 6.42 Å². The molecule has 0 fully saturated rings. The van der Waals surface area contributed by atoms with E-state index in [0.29, 0.717) is 22.1 Å². The van der Waals surface area contributed by atoms with Gasteiger partial charge in [-0.3, -0.25) is 9.36 Å². The number of nitrogens with zero attached hydrogens (tertiary/aromatic N) is 1. The zero-order chi connectivity index (χ0) is 19.7. The maximum Gasteiger partial charge on any atom is 0.256 e. The Morgan fingerprint density at radius 1 is 1.11 bits per heavy atom. The molecule has 0 aliphatic heterocycles. The molecule has 0 saturated carbocycles. The molecule has 0 bridgehead atoms. The topological polar surface area (TPSA) is 70.1 Å². The fourth-order valence-electron chi connectivity index (χ4n) is 3.24. The van der Waals surface area contributed by atoms with Crippen molar-refractivity contribution in [2.24, 2.45) is 0 Å². The maximum absolute atomic E-state index is 12.5. The lowest BCUT2D eigenvalue weighted by molar-refractivity contribution is 0.204. The number of aliphatic hydroxyl groups is 1. The number of pyridine rings is 1. The van der Waals surface area contributed by atoms with Gasteiger partial charge in [-0.1, -0.05) is 36.7 Å². The minimum Gasteiger partial charge on any atom is -0.368 e. The highest BCUT2D eigenvalue weighted by Gasteiger charge is 2.14. The van der Waals surface area contributed by atoms with E-state index in [1.165, 1.54) is 11.6 Å². The largest absolute Gasteiger partial charge is 0.368 e. The van der Waals surface area contributed by atoms with Crippen LogP contribution < -0.4 is 10.9 Å². The minimum atomic E-state index is -0.975. The van der Waals surface area contributed by atoms with Gasteiger partial charge in [0.2, 0.25) is 0 Å². The standard InChI is InChI=1S/C22H20ClN3O2/c1-2-14-6-9-18(10-7-14)26-20(27)11-8-15-12-19(25-21(15)26)22(28)24-17-5-3-4-16(23)13-17/h3-13,22,24-25,28H,2H2,1H3. The molecule has 28 heavy (non-hydrogen) atoms. The quantitative estimate of drug-likeness (QED) is 0.433. The molecule has 4 aromatic rings. The zero-order valence-corrected chi connectivity index (χ0v) is 16.1. The Labute approximate surface area is 167 Å². The van der Waals surface area contributed by atoms with E-state index in [0.717, 1.165) is 17.5 Å². The Hall–Kier alpha value is -3.02. The predicted molar refractivity (Wildman–Crippen MR) is 113 cm³/mol. The molecule has 0 aliphatic carbocycles. The molecule has 5 nitrogen and oxygen atoms in total. The van der Waals surface area contributed by atoms with Gasteiger partial charge in [0.1, 0.15) is 5.65 Å². The number of aryl methyl sites for hydroxylation is 1. The fourth-order valence-corrected chi connectivity index (χ4v) is 3.43. The molecule has 2 aromatic heterocycles. The highest BCUT2D eigenvalue weighted by atomic mass is 35.5. The Kier molecular flexibility index (Phi) is 4.94. The summed E-state index contributed by atoms with van der Waals surface area (Å²) in [5.74, 6) is 0. The highest BCUT2D eigenvalue weighted by molar-refractivity contribution is 6.30. The maximum atomic E-state index is 12.5. The lowest BCUT2D eigenvalue weighted by atomic mass is 10.1. The van der Waals surface area contributed by atoms with Crippen LogP contribution in [0.3, 0.4) is 0 Å². The number of anilines is 1. The fraction of sp³-hybridized carbons (Fsp3) is 0.136. The Morgan fingerprint density at radius 3 is 2.61 bits per heavy atom. The van der Waals surface area contributed by atoms with Crippen molar-refractivity contribution >= 4 is 28.3 Å². The normalized spacial score (nSPS) is 12.2. The van der Waals surface area contributed by atoms with E-state index in [2.05, 4.69) is 17.2 Å². The number of halogens is 1. The van der Waals surface area contributed by atoms with Crippen LogP contribution in [0.2, 0.25) is 5.02 Å². The minimum absolute atomic E-state index is 0.137. The summed E-state index contributed by atoms with van der Waals surface area (Å²) in [6.07, 6.45) is -0.0372. The van der Waals surface area contributed by atoms with Crippen LogP contribution in [0.25, 0.3) is 16.7 Å². The van der Waals surface area contributed by atoms with Crippen LogP contribution in [0.1, 0.15) is 24.4 Å². The van der Waals surface area contributed by atoms with Gasteiger partial charge in [0.25, 0.3) is 5.56 Å². The van der Waals surface area contributed by atoms with E-state index in [4.69, 9.17) is 11.6 Å². The van der Waals surface area contributed by atoms with Crippen molar-refractivity contribution in [1.82, 2.24) is 9.55 Å². The van der Waals surface area contributed by atoms with E-state index in [1.807, 2.05) is 36.4 Å². The molecule has 1 unspecified atom stereocenters. The van der Waals surface area contributed by atoms with Gasteiger partial charge in [-0.25, -0.2) is 0 Å². The van der Waals surface area contributed by atoms with Gasteiger partial charge in [-0.05, 0) is 54.4 Å². The Bertz CT molecular complexity index is 1180. The molecule has 2 aromatic carbocycles. The van der Waals surface area contributed by atoms with Crippen LogP contribution in [-0.4, -0.2) is 14.7 Å². The number of benzene rings is 2. The molecule has 0 radical (unpaired) electrons. The molecule has 142 valence electrons. The molecule has 0 amide bonds. The molecule has 0 spiro atoms. The number of aromatic amines is 1. The van der Waals surface area contributed by atoms with Crippen LogP contribution in [0.5, 0.6) is 0 Å². The van der Waals surface area contributed by atoms with Crippen LogP contribution in [0.4, 0.5) is 5.69 Å². The number of hydrogen-bond acceptors (Lipinski definition) is 3. The summed E-state index contributed by atoms with van der Waals surface area (Å²) >= 11 is 6.00. The van der Waals surface area contributed by atoms with E-state index < -0.39 is 6.23 Å². The molecule has 6 heteroatoms. The summed E-state index contributed by atoms with van der Waals surface area (Å²) < 4.78 is 1.62. The Balaban J connectivity index is 1.73. The smallest absolute Gasteiger partial charge is 0.256 e. The lowest BCUT2D eigenvalue weighted by Crippen LogP contribution is -2.17. The second kappa shape index (κ2) is 7.54. The second-order valence-electron chi connectivity index (χ2n) is 6.61. The first-order valence-corrected chi connectivity index (χ1v) is 9.47. The highest BCUT2D eigenvalue weighted by Crippen LogP contribution is 2.24. The number of aromatic nitrogens is 2. The van der Waals surface area contributed by atoms with Crippen molar-refractivity contribution in [3.05, 3.63) is 93.4 Å². The summed E-state index contributed by atoms with van der Waals surface area (Å²) in [7, 11) is 0. The average Bonchev–Trinajstić information content (AvgIpc) is 3.12. The van der Waals surface area contributed by atoms with Gasteiger partial charge in [0.15, 0.2) is 6.23 Å². The van der Waals surface area contributed by atoms with Crippen molar-refractivity contribution in [2.45, 2.75) is 19.6 Å². The summed E-state index contributed by atoms with van der Waals surface area (Å²) in [4.78, 5) is 15.7. The summed E-state index contributed by atoms with van der Waals surface area (Å²) in [6, 6.07) is 20.1. The molecular formula is C22H20ClN3O2. The lowest BCUT2D eigenvalue weighted by Gasteiger charge is -2.13. The van der Waals surface area contributed by atoms with Crippen molar-refractivity contribution in [3.8, 4) is 5.69 Å². The molecule has 4 rings (SSSR count). The van der Waals surface area contributed by atoms with E-state index in [9.17, 15) is 9.90 Å². The number of H-pyrrole nitrogens is 1. The third-order valence-electron chi connectivity index (χ3n) is 4.72. The van der Waals surface area contributed by atoms with Crippen molar-refractivity contribution in [1.29, 1.82) is 0 Å². The second-order valence-corrected chi connectivity index (χ2v) is 7.05. The molecule has 0 saturated heterocycles. The molecule has 3 N–H and O–H groups in total. The summed E-state index contributed by atoms with van der Waals surface area (Å²) in [5.41, 5.74) is 3.74. The molecule has 1 atom stereocenters. The predicted octanol–water partition coefficient (Wildman–Crippen LogP) is 4.64. The third-order valence-corrected chi connectivity index (χ3v) is 4.96.